The molecule has 0 N–H and O–H groups in total. The number of methoxy groups -OCH3 is 1. The number of benzene rings is 1. The number of piperidine rings is 1. The highest BCUT2D eigenvalue weighted by molar-refractivity contribution is 6.07. The van der Waals surface area contributed by atoms with Gasteiger partial charge in [-0.3, -0.25) is 9.69 Å². The number of nitrogens with zero attached hydrogens (tertiary/aromatic N) is 4. The van der Waals surface area contributed by atoms with Crippen LogP contribution in [-0.2, 0) is 11.2 Å². The number of imide groups is 1. The Morgan fingerprint density at radius 3 is 2.19 bits per heavy atom. The van der Waals surface area contributed by atoms with Crippen LogP contribution in [0.5, 0.6) is 5.75 Å². The summed E-state index contributed by atoms with van der Waals surface area (Å²) in [6.45, 7) is 11.1. The van der Waals surface area contributed by atoms with Crippen molar-refractivity contribution in [3.8, 4) is 5.75 Å². The van der Waals surface area contributed by atoms with Gasteiger partial charge in [0.2, 0.25) is 0 Å². The first kappa shape index (κ1) is 24.5. The van der Waals surface area contributed by atoms with Gasteiger partial charge in [-0.2, -0.15) is 0 Å². The van der Waals surface area contributed by atoms with Gasteiger partial charge in [-0.1, -0.05) is 32.9 Å². The van der Waals surface area contributed by atoms with Gasteiger partial charge in [-0.05, 0) is 56.5 Å². The second kappa shape index (κ2) is 9.79. The van der Waals surface area contributed by atoms with Crippen LogP contribution in [0.2, 0.25) is 0 Å². The predicted molar refractivity (Wildman–Crippen MR) is 127 cm³/mol. The molecule has 0 aromatic heterocycles. The number of likely N-dealkylation sites (N-methyl/N-ethyl adjacent to an activating group) is 1. The average Bonchev–Trinajstić information content (AvgIpc) is 2.92. The number of rotatable bonds is 8. The van der Waals surface area contributed by atoms with Crippen molar-refractivity contribution in [3.05, 3.63) is 29.8 Å². The minimum atomic E-state index is -0.704. The number of carbonyl (C=O) groups is 2. The summed E-state index contributed by atoms with van der Waals surface area (Å²) in [7, 11) is 5.59. The number of urea groups is 1. The molecule has 178 valence electrons. The van der Waals surface area contributed by atoms with Crippen LogP contribution >= 0.6 is 0 Å². The quantitative estimate of drug-likeness (QED) is 0.577. The lowest BCUT2D eigenvalue weighted by Gasteiger charge is -2.43. The molecule has 0 atom stereocenters. The second-order valence-electron chi connectivity index (χ2n) is 10.7. The van der Waals surface area contributed by atoms with E-state index in [2.05, 4.69) is 25.7 Å². The predicted octanol–water partition coefficient (Wildman–Crippen LogP) is 2.94. The van der Waals surface area contributed by atoms with Gasteiger partial charge < -0.3 is 19.4 Å². The highest BCUT2D eigenvalue weighted by Gasteiger charge is 2.57. The van der Waals surface area contributed by atoms with Gasteiger partial charge in [0.25, 0.3) is 5.91 Å². The van der Waals surface area contributed by atoms with Crippen LogP contribution in [-0.4, -0.2) is 97.6 Å². The maximum atomic E-state index is 13.6. The maximum absolute atomic E-state index is 13.6. The topological polar surface area (TPSA) is 56.3 Å². The Bertz CT molecular complexity index is 792. The van der Waals surface area contributed by atoms with E-state index < -0.39 is 5.54 Å². The third-order valence-corrected chi connectivity index (χ3v) is 6.56. The number of ether oxygens (including phenoxy) is 1. The molecule has 1 aromatic carbocycles. The third kappa shape index (κ3) is 5.44. The molecule has 2 fully saturated rings. The lowest BCUT2D eigenvalue weighted by Crippen LogP contribution is -2.57. The van der Waals surface area contributed by atoms with Crippen LogP contribution in [0.3, 0.4) is 0 Å². The lowest BCUT2D eigenvalue weighted by atomic mass is 9.84. The number of carbonyl (C=O) groups excluding carboxylic acids is 2. The van der Waals surface area contributed by atoms with E-state index in [4.69, 9.17) is 4.74 Å². The molecule has 0 unspecified atom stereocenters. The molecule has 32 heavy (non-hydrogen) atoms. The number of hydrogen-bond acceptors (Lipinski definition) is 5. The molecule has 0 bridgehead atoms. The van der Waals surface area contributed by atoms with Crippen molar-refractivity contribution in [1.82, 2.24) is 19.6 Å². The van der Waals surface area contributed by atoms with Gasteiger partial charge in [0.1, 0.15) is 11.3 Å². The Hall–Kier alpha value is -2.12. The van der Waals surface area contributed by atoms with Crippen molar-refractivity contribution >= 4 is 11.9 Å². The van der Waals surface area contributed by atoms with Gasteiger partial charge in [0, 0.05) is 39.3 Å². The van der Waals surface area contributed by atoms with Gasteiger partial charge in [0.05, 0.1) is 7.11 Å². The standard InChI is InChI=1S/C25H40N4O3/c1-24(2,3)19-27-15-12-25(13-16-27)22(30)28(18-17-26(4)5)23(31)29(25)14-11-20-7-9-21(32-6)10-8-20/h7-10H,11-19H2,1-6H3. The normalized spacial score (nSPS) is 19.5. The highest BCUT2D eigenvalue weighted by atomic mass is 16.5. The fourth-order valence-corrected chi connectivity index (χ4v) is 4.86. The summed E-state index contributed by atoms with van der Waals surface area (Å²) in [6.07, 6.45) is 2.13. The lowest BCUT2D eigenvalue weighted by molar-refractivity contribution is -0.135. The number of likely N-dealkylation sites (tertiary alicyclic amines) is 1. The van der Waals surface area contributed by atoms with E-state index in [1.807, 2.05) is 48.2 Å². The van der Waals surface area contributed by atoms with Crippen molar-refractivity contribution in [2.75, 3.05) is 60.5 Å². The maximum Gasteiger partial charge on any atom is 0.327 e. The van der Waals surface area contributed by atoms with Crippen LogP contribution in [0.15, 0.2) is 24.3 Å². The molecule has 7 nitrogen and oxygen atoms in total. The Morgan fingerprint density at radius 1 is 1.03 bits per heavy atom. The summed E-state index contributed by atoms with van der Waals surface area (Å²) in [5.74, 6) is 0.813. The zero-order valence-electron chi connectivity index (χ0n) is 20.7. The number of amides is 3. The zero-order chi connectivity index (χ0) is 23.5. The van der Waals surface area contributed by atoms with Crippen molar-refractivity contribution < 1.29 is 14.3 Å². The summed E-state index contributed by atoms with van der Waals surface area (Å²) in [5.41, 5.74) is 0.647. The highest BCUT2D eigenvalue weighted by Crippen LogP contribution is 2.38. The van der Waals surface area contributed by atoms with Crippen LogP contribution in [0, 0.1) is 5.41 Å². The second-order valence-corrected chi connectivity index (χ2v) is 10.7. The molecule has 1 aromatic rings. The van der Waals surface area contributed by atoms with E-state index in [1.165, 1.54) is 4.90 Å². The SMILES string of the molecule is COc1ccc(CCN2C(=O)N(CCN(C)C)C(=O)C23CCN(CC(C)(C)C)CC3)cc1. The molecular weight excluding hydrogens is 404 g/mol. The smallest absolute Gasteiger partial charge is 0.327 e. The largest absolute Gasteiger partial charge is 0.497 e. The van der Waals surface area contributed by atoms with Crippen LogP contribution in [0.4, 0.5) is 4.79 Å². The van der Waals surface area contributed by atoms with Gasteiger partial charge in [-0.15, -0.1) is 0 Å². The summed E-state index contributed by atoms with van der Waals surface area (Å²) in [5, 5.41) is 0. The van der Waals surface area contributed by atoms with Crippen molar-refractivity contribution in [3.63, 3.8) is 0 Å². The molecule has 0 saturated carbocycles. The molecule has 2 aliphatic rings. The molecule has 3 amide bonds. The molecule has 1 spiro atoms. The van der Waals surface area contributed by atoms with Crippen LogP contribution in [0.1, 0.15) is 39.2 Å². The molecular formula is C25H40N4O3. The van der Waals surface area contributed by atoms with Gasteiger partial charge in [0.15, 0.2) is 0 Å². The summed E-state index contributed by atoms with van der Waals surface area (Å²) < 4.78 is 5.25. The summed E-state index contributed by atoms with van der Waals surface area (Å²) in [6, 6.07) is 7.81. The van der Waals surface area contributed by atoms with Gasteiger partial charge in [-0.25, -0.2) is 4.79 Å². The summed E-state index contributed by atoms with van der Waals surface area (Å²) >= 11 is 0. The molecule has 0 aliphatic carbocycles. The van der Waals surface area contributed by atoms with E-state index >= 15 is 0 Å². The molecule has 2 saturated heterocycles. The fraction of sp³-hybridized carbons (Fsp3) is 0.680. The Kier molecular flexibility index (Phi) is 7.50. The van der Waals surface area contributed by atoms with E-state index in [1.54, 1.807) is 7.11 Å². The minimum Gasteiger partial charge on any atom is -0.497 e. The van der Waals surface area contributed by atoms with Crippen LogP contribution < -0.4 is 4.74 Å². The molecule has 3 rings (SSSR count). The monoisotopic (exact) mass is 444 g/mol. The zero-order valence-corrected chi connectivity index (χ0v) is 20.7. The van der Waals surface area contributed by atoms with E-state index in [0.717, 1.165) is 37.4 Å². The number of hydrogen-bond donors (Lipinski definition) is 0. The van der Waals surface area contributed by atoms with Crippen molar-refractivity contribution in [1.29, 1.82) is 0 Å². The van der Waals surface area contributed by atoms with Crippen molar-refractivity contribution in [2.24, 2.45) is 5.41 Å². The van der Waals surface area contributed by atoms with E-state index in [-0.39, 0.29) is 17.4 Å². The molecule has 2 aliphatic heterocycles. The molecule has 2 heterocycles. The van der Waals surface area contributed by atoms with Crippen molar-refractivity contribution in [2.45, 2.75) is 45.6 Å². The average molecular weight is 445 g/mol. The Morgan fingerprint density at radius 2 is 1.66 bits per heavy atom. The first-order chi connectivity index (χ1) is 15.1. The molecule has 7 heteroatoms. The fourth-order valence-electron chi connectivity index (χ4n) is 4.86. The third-order valence-electron chi connectivity index (χ3n) is 6.56. The first-order valence-corrected chi connectivity index (χ1v) is 11.7. The molecule has 0 radical (unpaired) electrons. The van der Waals surface area contributed by atoms with E-state index in [0.29, 0.717) is 32.5 Å². The minimum absolute atomic E-state index is 0.00510. The summed E-state index contributed by atoms with van der Waals surface area (Å²) in [4.78, 5) is 34.8. The first-order valence-electron chi connectivity index (χ1n) is 11.7. The Labute approximate surface area is 193 Å². The van der Waals surface area contributed by atoms with Gasteiger partial charge >= 0.3 is 6.03 Å². The van der Waals surface area contributed by atoms with E-state index in [9.17, 15) is 9.59 Å². The van der Waals surface area contributed by atoms with Crippen LogP contribution in [0.25, 0.3) is 0 Å². The Balaban J connectivity index is 1.77.